The molecule has 18 heavy (non-hydrogen) atoms. The quantitative estimate of drug-likeness (QED) is 0.769. The fourth-order valence-electron chi connectivity index (χ4n) is 1.87. The summed E-state index contributed by atoms with van der Waals surface area (Å²) in [4.78, 5) is 23.5. The van der Waals surface area contributed by atoms with Crippen LogP contribution in [0.25, 0.3) is 0 Å². The highest BCUT2D eigenvalue weighted by atomic mass is 16.5. The largest absolute Gasteiger partial charge is 0.495 e. The van der Waals surface area contributed by atoms with Crippen LogP contribution in [-0.2, 0) is 9.47 Å². The molecule has 5 heteroatoms. The van der Waals surface area contributed by atoms with Crippen LogP contribution in [0.4, 0.5) is 0 Å². The van der Waals surface area contributed by atoms with Crippen LogP contribution >= 0.6 is 0 Å². The number of ether oxygens (including phenoxy) is 3. The van der Waals surface area contributed by atoms with Crippen molar-refractivity contribution in [2.75, 3.05) is 21.3 Å². The van der Waals surface area contributed by atoms with Gasteiger partial charge in [0.2, 0.25) is 0 Å². The van der Waals surface area contributed by atoms with Crippen molar-refractivity contribution in [2.45, 2.75) is 13.8 Å². The van der Waals surface area contributed by atoms with Crippen LogP contribution in [0.1, 0.15) is 31.8 Å². The van der Waals surface area contributed by atoms with Gasteiger partial charge in [0.25, 0.3) is 0 Å². The molecular formula is C13H16O5. The van der Waals surface area contributed by atoms with Gasteiger partial charge < -0.3 is 14.2 Å². The second kappa shape index (κ2) is 5.53. The van der Waals surface area contributed by atoms with Crippen LogP contribution in [0, 0.1) is 13.8 Å². The molecule has 0 saturated carbocycles. The van der Waals surface area contributed by atoms with E-state index in [0.29, 0.717) is 11.1 Å². The maximum Gasteiger partial charge on any atom is 0.341 e. The van der Waals surface area contributed by atoms with Gasteiger partial charge in [0.05, 0.1) is 21.3 Å². The van der Waals surface area contributed by atoms with Crippen LogP contribution in [0.2, 0.25) is 0 Å². The third kappa shape index (κ3) is 2.30. The molecule has 0 N–H and O–H groups in total. The fraction of sp³-hybridized carbons (Fsp3) is 0.385. The van der Waals surface area contributed by atoms with E-state index in [4.69, 9.17) is 14.2 Å². The first-order valence-corrected chi connectivity index (χ1v) is 5.32. The molecule has 0 bridgehead atoms. The molecule has 0 heterocycles. The van der Waals surface area contributed by atoms with Crippen molar-refractivity contribution in [3.05, 3.63) is 28.3 Å². The number of methoxy groups -OCH3 is 3. The lowest BCUT2D eigenvalue weighted by molar-refractivity contribution is 0.0591. The third-order valence-corrected chi connectivity index (χ3v) is 2.66. The second-order valence-electron chi connectivity index (χ2n) is 3.78. The summed E-state index contributed by atoms with van der Waals surface area (Å²) in [5, 5.41) is 0. The number of carbonyl (C=O) groups excluding carboxylic acids is 2. The Labute approximate surface area is 106 Å². The third-order valence-electron chi connectivity index (χ3n) is 2.66. The molecule has 0 aromatic heterocycles. The highest BCUT2D eigenvalue weighted by molar-refractivity contribution is 6.02. The summed E-state index contributed by atoms with van der Waals surface area (Å²) in [5.74, 6) is -0.907. The molecule has 0 aliphatic carbocycles. The molecule has 0 radical (unpaired) electrons. The molecule has 0 aliphatic heterocycles. The van der Waals surface area contributed by atoms with E-state index in [1.807, 2.05) is 0 Å². The van der Waals surface area contributed by atoms with Gasteiger partial charge in [-0.25, -0.2) is 9.59 Å². The van der Waals surface area contributed by atoms with Gasteiger partial charge in [-0.2, -0.15) is 0 Å². The number of hydrogen-bond acceptors (Lipinski definition) is 5. The number of esters is 2. The zero-order valence-corrected chi connectivity index (χ0v) is 11.1. The van der Waals surface area contributed by atoms with Gasteiger partial charge in [-0.3, -0.25) is 0 Å². The Morgan fingerprint density at radius 1 is 0.889 bits per heavy atom. The van der Waals surface area contributed by atoms with Crippen molar-refractivity contribution in [3.63, 3.8) is 0 Å². The molecule has 0 atom stereocenters. The van der Waals surface area contributed by atoms with Gasteiger partial charge in [0, 0.05) is 0 Å². The second-order valence-corrected chi connectivity index (χ2v) is 3.78. The van der Waals surface area contributed by atoms with E-state index in [9.17, 15) is 9.59 Å². The minimum absolute atomic E-state index is 0.186. The SMILES string of the molecule is COC(=O)c1c(C)cc(C)c(C(=O)OC)c1OC. The summed E-state index contributed by atoms with van der Waals surface area (Å²) in [6, 6.07) is 1.72. The number of hydrogen-bond donors (Lipinski definition) is 0. The van der Waals surface area contributed by atoms with Crippen molar-refractivity contribution >= 4 is 11.9 Å². The summed E-state index contributed by atoms with van der Waals surface area (Å²) in [7, 11) is 3.95. The van der Waals surface area contributed by atoms with Crippen molar-refractivity contribution in [1.29, 1.82) is 0 Å². The van der Waals surface area contributed by atoms with Crippen LogP contribution in [0.3, 0.4) is 0 Å². The lowest BCUT2D eigenvalue weighted by Crippen LogP contribution is -2.13. The molecule has 1 aromatic rings. The van der Waals surface area contributed by atoms with Gasteiger partial charge in [-0.05, 0) is 25.0 Å². The van der Waals surface area contributed by atoms with Crippen molar-refractivity contribution in [3.8, 4) is 5.75 Å². The van der Waals surface area contributed by atoms with Crippen LogP contribution in [0.5, 0.6) is 5.75 Å². The first-order chi connectivity index (χ1) is 8.47. The topological polar surface area (TPSA) is 61.8 Å². The van der Waals surface area contributed by atoms with E-state index >= 15 is 0 Å². The van der Waals surface area contributed by atoms with E-state index in [1.165, 1.54) is 21.3 Å². The average Bonchev–Trinajstić information content (AvgIpc) is 2.36. The Balaban J connectivity index is 3.62. The van der Waals surface area contributed by atoms with E-state index in [1.54, 1.807) is 19.9 Å². The van der Waals surface area contributed by atoms with E-state index < -0.39 is 11.9 Å². The molecule has 0 saturated heterocycles. The van der Waals surface area contributed by atoms with Gasteiger partial charge in [0.1, 0.15) is 16.9 Å². The standard InChI is InChI=1S/C13H16O5/c1-7-6-8(2)10(13(15)18-5)11(16-3)9(7)12(14)17-4/h6H,1-5H3. The van der Waals surface area contributed by atoms with Crippen LogP contribution in [0.15, 0.2) is 6.07 Å². The molecule has 1 rings (SSSR count). The summed E-state index contributed by atoms with van der Waals surface area (Å²) in [6.07, 6.45) is 0. The zero-order valence-electron chi connectivity index (χ0n) is 11.1. The molecule has 1 aromatic carbocycles. The minimum atomic E-state index is -0.547. The Hall–Kier alpha value is -2.04. The van der Waals surface area contributed by atoms with Gasteiger partial charge in [0.15, 0.2) is 0 Å². The first-order valence-electron chi connectivity index (χ1n) is 5.32. The van der Waals surface area contributed by atoms with Gasteiger partial charge >= 0.3 is 11.9 Å². The summed E-state index contributed by atoms with van der Waals surface area (Å²) in [6.45, 7) is 3.51. The van der Waals surface area contributed by atoms with E-state index in [-0.39, 0.29) is 16.9 Å². The molecule has 5 nitrogen and oxygen atoms in total. The van der Waals surface area contributed by atoms with Gasteiger partial charge in [-0.15, -0.1) is 0 Å². The van der Waals surface area contributed by atoms with Gasteiger partial charge in [-0.1, -0.05) is 6.07 Å². The van der Waals surface area contributed by atoms with Crippen LogP contribution in [-0.4, -0.2) is 33.3 Å². The Kier molecular flexibility index (Phi) is 4.31. The zero-order chi connectivity index (χ0) is 13.9. The molecule has 0 amide bonds. The average molecular weight is 252 g/mol. The maximum atomic E-state index is 11.7. The number of benzene rings is 1. The summed E-state index contributed by atoms with van der Waals surface area (Å²) >= 11 is 0. The fourth-order valence-corrected chi connectivity index (χ4v) is 1.87. The predicted octanol–water partition coefficient (Wildman–Crippen LogP) is 1.89. The van der Waals surface area contributed by atoms with Crippen LogP contribution < -0.4 is 4.74 Å². The van der Waals surface area contributed by atoms with Crippen molar-refractivity contribution in [2.24, 2.45) is 0 Å². The molecule has 0 unspecified atom stereocenters. The summed E-state index contributed by atoms with van der Waals surface area (Å²) in [5.41, 5.74) is 1.85. The number of aryl methyl sites for hydroxylation is 2. The Bertz CT molecular complexity index is 450. The molecule has 0 spiro atoms. The van der Waals surface area contributed by atoms with E-state index in [2.05, 4.69) is 0 Å². The highest BCUT2D eigenvalue weighted by Crippen LogP contribution is 2.31. The minimum Gasteiger partial charge on any atom is -0.495 e. The maximum absolute atomic E-state index is 11.7. The van der Waals surface area contributed by atoms with Crippen molar-refractivity contribution < 1.29 is 23.8 Å². The molecule has 0 aliphatic rings. The smallest absolute Gasteiger partial charge is 0.341 e. The predicted molar refractivity (Wildman–Crippen MR) is 65.1 cm³/mol. The monoisotopic (exact) mass is 252 g/mol. The summed E-state index contributed by atoms with van der Waals surface area (Å²) < 4.78 is 14.6. The molecular weight excluding hydrogens is 236 g/mol. The van der Waals surface area contributed by atoms with Crippen molar-refractivity contribution in [1.82, 2.24) is 0 Å². The Morgan fingerprint density at radius 3 is 1.56 bits per heavy atom. The normalized spacial score (nSPS) is 9.83. The molecule has 0 fully saturated rings. The lowest BCUT2D eigenvalue weighted by atomic mass is 9.98. The number of rotatable bonds is 3. The highest BCUT2D eigenvalue weighted by Gasteiger charge is 2.25. The van der Waals surface area contributed by atoms with E-state index in [0.717, 1.165) is 0 Å². The molecule has 98 valence electrons. The number of carbonyl (C=O) groups is 2. The first kappa shape index (κ1) is 14.0. The lowest BCUT2D eigenvalue weighted by Gasteiger charge is -2.15. The Morgan fingerprint density at radius 2 is 1.28 bits per heavy atom.